The molecule has 3 rings (SSSR count). The van der Waals surface area contributed by atoms with Crippen molar-refractivity contribution in [1.82, 2.24) is 4.72 Å². The molecule has 6 heteroatoms. The van der Waals surface area contributed by atoms with Gasteiger partial charge in [0.1, 0.15) is 0 Å². The average Bonchev–Trinajstić information content (AvgIpc) is 3.14. The molecule has 2 aromatic carbocycles. The molecule has 0 unspecified atom stereocenters. The largest absolute Gasteiger partial charge is 0.381 e. The lowest BCUT2D eigenvalue weighted by Gasteiger charge is -2.19. The Kier molecular flexibility index (Phi) is 6.16. The fourth-order valence-corrected chi connectivity index (χ4v) is 4.39. The van der Waals surface area contributed by atoms with Crippen molar-refractivity contribution >= 4 is 21.4 Å². The Hall–Kier alpha value is -2.05. The third-order valence-electron chi connectivity index (χ3n) is 4.68. The summed E-state index contributed by atoms with van der Waals surface area (Å²) in [5.74, 6) is 0. The van der Waals surface area contributed by atoms with Crippen LogP contribution >= 0.6 is 0 Å². The molecular formula is C20H27N3O2S. The average molecular weight is 374 g/mol. The van der Waals surface area contributed by atoms with Gasteiger partial charge in [0.05, 0.1) is 16.3 Å². The number of hydrogen-bond acceptors (Lipinski definition) is 4. The van der Waals surface area contributed by atoms with Crippen molar-refractivity contribution in [2.75, 3.05) is 17.2 Å². The standard InChI is InChI=1S/C20H27N3O2S/c1-2-22-26(24,25)18-12-13-19(23-17-10-6-7-11-17)20(14-18)21-15-16-8-4-3-5-9-16/h3-5,8-9,12-14,17,21-23H,2,6-7,10-11,15H2,1H3. The lowest BCUT2D eigenvalue weighted by atomic mass is 10.2. The third-order valence-corrected chi connectivity index (χ3v) is 6.22. The Bertz CT molecular complexity index is 816. The maximum absolute atomic E-state index is 12.4. The molecule has 1 fully saturated rings. The highest BCUT2D eigenvalue weighted by Crippen LogP contribution is 2.30. The first-order valence-corrected chi connectivity index (χ1v) is 10.7. The van der Waals surface area contributed by atoms with E-state index < -0.39 is 10.0 Å². The first-order valence-electron chi connectivity index (χ1n) is 9.26. The molecule has 26 heavy (non-hydrogen) atoms. The summed E-state index contributed by atoms with van der Waals surface area (Å²) in [6.07, 6.45) is 4.82. The zero-order valence-electron chi connectivity index (χ0n) is 15.2. The van der Waals surface area contributed by atoms with Gasteiger partial charge in [-0.25, -0.2) is 13.1 Å². The highest BCUT2D eigenvalue weighted by molar-refractivity contribution is 7.89. The molecule has 5 nitrogen and oxygen atoms in total. The summed E-state index contributed by atoms with van der Waals surface area (Å²) < 4.78 is 27.3. The minimum absolute atomic E-state index is 0.284. The van der Waals surface area contributed by atoms with E-state index in [0.717, 1.165) is 29.8 Å². The maximum atomic E-state index is 12.4. The number of anilines is 2. The van der Waals surface area contributed by atoms with E-state index in [2.05, 4.69) is 27.5 Å². The number of hydrogen-bond donors (Lipinski definition) is 3. The predicted molar refractivity (Wildman–Crippen MR) is 107 cm³/mol. The van der Waals surface area contributed by atoms with Gasteiger partial charge in [0, 0.05) is 19.1 Å². The molecule has 0 bridgehead atoms. The van der Waals surface area contributed by atoms with Crippen molar-refractivity contribution < 1.29 is 8.42 Å². The van der Waals surface area contributed by atoms with Crippen LogP contribution in [0.25, 0.3) is 0 Å². The van der Waals surface area contributed by atoms with E-state index in [1.54, 1.807) is 19.1 Å². The van der Waals surface area contributed by atoms with E-state index in [1.807, 2.05) is 24.3 Å². The number of benzene rings is 2. The summed E-state index contributed by atoms with van der Waals surface area (Å²) in [5, 5.41) is 6.98. The number of rotatable bonds is 8. The van der Waals surface area contributed by atoms with Gasteiger partial charge in [-0.05, 0) is 36.6 Å². The highest BCUT2D eigenvalue weighted by Gasteiger charge is 2.19. The smallest absolute Gasteiger partial charge is 0.240 e. The van der Waals surface area contributed by atoms with Crippen molar-refractivity contribution in [3.8, 4) is 0 Å². The third kappa shape index (κ3) is 4.77. The molecule has 0 spiro atoms. The van der Waals surface area contributed by atoms with E-state index >= 15 is 0 Å². The Labute approximate surface area is 156 Å². The van der Waals surface area contributed by atoms with Gasteiger partial charge in [-0.3, -0.25) is 0 Å². The van der Waals surface area contributed by atoms with Crippen molar-refractivity contribution in [3.63, 3.8) is 0 Å². The lowest BCUT2D eigenvalue weighted by Crippen LogP contribution is -2.23. The lowest BCUT2D eigenvalue weighted by molar-refractivity contribution is 0.584. The van der Waals surface area contributed by atoms with Gasteiger partial charge >= 0.3 is 0 Å². The summed E-state index contributed by atoms with van der Waals surface area (Å²) >= 11 is 0. The SMILES string of the molecule is CCNS(=O)(=O)c1ccc(NC2CCCC2)c(NCc2ccccc2)c1. The van der Waals surface area contributed by atoms with Crippen molar-refractivity contribution in [1.29, 1.82) is 0 Å². The maximum Gasteiger partial charge on any atom is 0.240 e. The van der Waals surface area contributed by atoms with E-state index in [4.69, 9.17) is 0 Å². The monoisotopic (exact) mass is 373 g/mol. The van der Waals surface area contributed by atoms with Crippen LogP contribution in [0, 0.1) is 0 Å². The highest BCUT2D eigenvalue weighted by atomic mass is 32.2. The molecule has 0 atom stereocenters. The molecule has 1 aliphatic carbocycles. The van der Waals surface area contributed by atoms with Crippen LogP contribution < -0.4 is 15.4 Å². The van der Waals surface area contributed by atoms with Gasteiger partial charge in [0.15, 0.2) is 0 Å². The van der Waals surface area contributed by atoms with Gasteiger partial charge in [-0.1, -0.05) is 50.1 Å². The fraction of sp³-hybridized carbons (Fsp3) is 0.400. The second kappa shape index (κ2) is 8.56. The van der Waals surface area contributed by atoms with Crippen LogP contribution in [0.2, 0.25) is 0 Å². The molecule has 0 amide bonds. The van der Waals surface area contributed by atoms with Crippen molar-refractivity contribution in [2.24, 2.45) is 0 Å². The van der Waals surface area contributed by atoms with Crippen LogP contribution in [-0.2, 0) is 16.6 Å². The van der Waals surface area contributed by atoms with Crippen LogP contribution in [0.5, 0.6) is 0 Å². The van der Waals surface area contributed by atoms with Crippen LogP contribution in [0.15, 0.2) is 53.4 Å². The zero-order chi connectivity index (χ0) is 18.4. The minimum Gasteiger partial charge on any atom is -0.381 e. The summed E-state index contributed by atoms with van der Waals surface area (Å²) in [4.78, 5) is 0.284. The van der Waals surface area contributed by atoms with Crippen molar-refractivity contribution in [3.05, 3.63) is 54.1 Å². The van der Waals surface area contributed by atoms with Crippen LogP contribution in [-0.4, -0.2) is 21.0 Å². The first-order chi connectivity index (χ1) is 12.6. The minimum atomic E-state index is -3.48. The normalized spacial score (nSPS) is 15.1. The summed E-state index contributed by atoms with van der Waals surface area (Å²) in [7, 11) is -3.48. The zero-order valence-corrected chi connectivity index (χ0v) is 16.0. The van der Waals surface area contributed by atoms with E-state index in [-0.39, 0.29) is 4.90 Å². The van der Waals surface area contributed by atoms with Gasteiger partial charge in [0.25, 0.3) is 0 Å². The number of sulfonamides is 1. The predicted octanol–water partition coefficient (Wildman–Crippen LogP) is 3.95. The summed E-state index contributed by atoms with van der Waals surface area (Å²) in [5.41, 5.74) is 2.93. The molecule has 0 saturated heterocycles. The van der Waals surface area contributed by atoms with Gasteiger partial charge < -0.3 is 10.6 Å². The molecule has 0 radical (unpaired) electrons. The quantitative estimate of drug-likeness (QED) is 0.655. The Morgan fingerprint density at radius 1 is 1.00 bits per heavy atom. The molecule has 140 valence electrons. The Balaban J connectivity index is 1.85. The summed E-state index contributed by atoms with van der Waals surface area (Å²) in [6, 6.07) is 15.8. The molecule has 1 aliphatic rings. The van der Waals surface area contributed by atoms with E-state index in [9.17, 15) is 8.42 Å². The number of nitrogens with one attached hydrogen (secondary N) is 3. The molecule has 0 aliphatic heterocycles. The van der Waals surface area contributed by atoms with Crippen LogP contribution in [0.1, 0.15) is 38.2 Å². The first kappa shape index (κ1) is 18.7. The Morgan fingerprint density at radius 3 is 2.42 bits per heavy atom. The molecule has 3 N–H and O–H groups in total. The molecule has 0 heterocycles. The second-order valence-corrected chi connectivity index (χ2v) is 8.44. The van der Waals surface area contributed by atoms with Crippen LogP contribution in [0.4, 0.5) is 11.4 Å². The molecule has 0 aromatic heterocycles. The van der Waals surface area contributed by atoms with Crippen LogP contribution in [0.3, 0.4) is 0 Å². The second-order valence-electron chi connectivity index (χ2n) is 6.67. The molecule has 1 saturated carbocycles. The van der Waals surface area contributed by atoms with Gasteiger partial charge in [-0.15, -0.1) is 0 Å². The molecular weight excluding hydrogens is 346 g/mol. The van der Waals surface area contributed by atoms with E-state index in [0.29, 0.717) is 19.1 Å². The van der Waals surface area contributed by atoms with E-state index in [1.165, 1.54) is 12.8 Å². The van der Waals surface area contributed by atoms with Gasteiger partial charge in [-0.2, -0.15) is 0 Å². The van der Waals surface area contributed by atoms with Crippen molar-refractivity contribution in [2.45, 2.75) is 50.1 Å². The summed E-state index contributed by atoms with van der Waals surface area (Å²) in [6.45, 7) is 2.80. The fourth-order valence-electron chi connectivity index (χ4n) is 3.32. The molecule has 2 aromatic rings. The topological polar surface area (TPSA) is 70.2 Å². The Morgan fingerprint density at radius 2 is 1.73 bits per heavy atom. The van der Waals surface area contributed by atoms with Gasteiger partial charge in [0.2, 0.25) is 10.0 Å².